The van der Waals surface area contributed by atoms with E-state index in [0.29, 0.717) is 5.39 Å². The Hall–Kier alpha value is -2.34. The van der Waals surface area contributed by atoms with E-state index in [-0.39, 0.29) is 5.56 Å². The molecule has 0 fully saturated rings. The van der Waals surface area contributed by atoms with Crippen LogP contribution in [-0.2, 0) is 7.05 Å². The lowest BCUT2D eigenvalue weighted by molar-refractivity contribution is 0.0698. The molecule has 20 heavy (non-hydrogen) atoms. The maximum absolute atomic E-state index is 11.2. The highest BCUT2D eigenvalue weighted by atomic mass is 32.2. The van der Waals surface area contributed by atoms with E-state index in [2.05, 4.69) is 9.97 Å². The van der Waals surface area contributed by atoms with Crippen LogP contribution in [0.5, 0.6) is 0 Å². The molecule has 6 heteroatoms. The van der Waals surface area contributed by atoms with Crippen molar-refractivity contribution in [3.8, 4) is 0 Å². The molecule has 3 rings (SSSR count). The Kier molecular flexibility index (Phi) is 3.15. The first-order chi connectivity index (χ1) is 9.66. The molecule has 0 aliphatic heterocycles. The molecule has 0 saturated carbocycles. The summed E-state index contributed by atoms with van der Waals surface area (Å²) in [6.07, 6.45) is 4.97. The number of imidazole rings is 1. The molecule has 1 N–H and O–H groups in total. The number of carboxylic acids is 1. The van der Waals surface area contributed by atoms with Crippen LogP contribution in [0.25, 0.3) is 10.8 Å². The van der Waals surface area contributed by atoms with Gasteiger partial charge in [0.05, 0.1) is 5.56 Å². The predicted octanol–water partition coefficient (Wildman–Crippen LogP) is 2.82. The van der Waals surface area contributed by atoms with Crippen molar-refractivity contribution in [2.75, 3.05) is 0 Å². The lowest BCUT2D eigenvalue weighted by Gasteiger charge is -2.07. The number of pyridine rings is 1. The van der Waals surface area contributed by atoms with E-state index in [1.807, 2.05) is 36.0 Å². The van der Waals surface area contributed by atoms with Gasteiger partial charge in [-0.1, -0.05) is 24.3 Å². The van der Waals surface area contributed by atoms with Crippen molar-refractivity contribution in [3.63, 3.8) is 0 Å². The summed E-state index contributed by atoms with van der Waals surface area (Å²) in [5.41, 5.74) is 0.213. The van der Waals surface area contributed by atoms with Crippen molar-refractivity contribution < 1.29 is 9.90 Å². The van der Waals surface area contributed by atoms with Crippen LogP contribution < -0.4 is 0 Å². The molecule has 0 bridgehead atoms. The Morgan fingerprint density at radius 1 is 1.25 bits per heavy atom. The predicted molar refractivity (Wildman–Crippen MR) is 76.0 cm³/mol. The SMILES string of the molecule is Cn1ccnc1Sc1ncc(C(=O)O)c2ccccc12. The number of carboxylic acid groups (broad SMARTS) is 1. The van der Waals surface area contributed by atoms with Crippen molar-refractivity contribution >= 4 is 28.5 Å². The van der Waals surface area contributed by atoms with Gasteiger partial charge in [-0.15, -0.1) is 0 Å². The molecular weight excluding hydrogens is 274 g/mol. The zero-order valence-corrected chi connectivity index (χ0v) is 11.5. The summed E-state index contributed by atoms with van der Waals surface area (Å²) < 4.78 is 1.90. The first-order valence-corrected chi connectivity index (χ1v) is 6.74. The smallest absolute Gasteiger partial charge is 0.337 e. The number of fused-ring (bicyclic) bond motifs is 1. The molecule has 1 aromatic carbocycles. The molecule has 0 aliphatic rings. The van der Waals surface area contributed by atoms with Crippen LogP contribution in [0.2, 0.25) is 0 Å². The molecule has 5 nitrogen and oxygen atoms in total. The van der Waals surface area contributed by atoms with Crippen molar-refractivity contribution in [1.82, 2.24) is 14.5 Å². The van der Waals surface area contributed by atoms with Crippen molar-refractivity contribution in [1.29, 1.82) is 0 Å². The second-order valence-electron chi connectivity index (χ2n) is 4.25. The van der Waals surface area contributed by atoms with Gasteiger partial charge < -0.3 is 9.67 Å². The summed E-state index contributed by atoms with van der Waals surface area (Å²) >= 11 is 1.42. The van der Waals surface area contributed by atoms with Crippen LogP contribution in [0, 0.1) is 0 Å². The molecule has 0 unspecified atom stereocenters. The minimum absolute atomic E-state index is 0.213. The highest BCUT2D eigenvalue weighted by Gasteiger charge is 2.14. The molecule has 0 aliphatic carbocycles. The third-order valence-corrected chi connectivity index (χ3v) is 4.05. The summed E-state index contributed by atoms with van der Waals surface area (Å²) in [7, 11) is 1.91. The molecule has 3 aromatic rings. The minimum Gasteiger partial charge on any atom is -0.478 e. The number of carbonyl (C=O) groups is 1. The number of hydrogen-bond acceptors (Lipinski definition) is 4. The van der Waals surface area contributed by atoms with Crippen LogP contribution >= 0.6 is 11.8 Å². The normalized spacial score (nSPS) is 10.8. The van der Waals surface area contributed by atoms with Gasteiger partial charge in [0, 0.05) is 36.4 Å². The van der Waals surface area contributed by atoms with Crippen LogP contribution in [0.15, 0.2) is 53.0 Å². The van der Waals surface area contributed by atoms with Gasteiger partial charge in [0.2, 0.25) is 0 Å². The first-order valence-electron chi connectivity index (χ1n) is 5.93. The number of aromatic carboxylic acids is 1. The Bertz CT molecular complexity index is 798. The van der Waals surface area contributed by atoms with Gasteiger partial charge in [0.25, 0.3) is 0 Å². The summed E-state index contributed by atoms with van der Waals surface area (Å²) in [4.78, 5) is 19.8. The van der Waals surface area contributed by atoms with E-state index < -0.39 is 5.97 Å². The fourth-order valence-corrected chi connectivity index (χ4v) is 2.84. The van der Waals surface area contributed by atoms with Crippen LogP contribution in [-0.4, -0.2) is 25.6 Å². The lowest BCUT2D eigenvalue weighted by Crippen LogP contribution is -2.00. The molecule has 0 amide bonds. The van der Waals surface area contributed by atoms with Gasteiger partial charge >= 0.3 is 5.97 Å². The summed E-state index contributed by atoms with van der Waals surface area (Å²) in [6, 6.07) is 7.37. The van der Waals surface area contributed by atoms with Crippen molar-refractivity contribution in [3.05, 3.63) is 48.4 Å². The average molecular weight is 285 g/mol. The van der Waals surface area contributed by atoms with Gasteiger partial charge in [-0.05, 0) is 11.8 Å². The average Bonchev–Trinajstić information content (AvgIpc) is 2.84. The Morgan fingerprint density at radius 2 is 2.00 bits per heavy atom. The topological polar surface area (TPSA) is 68.0 Å². The van der Waals surface area contributed by atoms with E-state index in [1.54, 1.807) is 12.3 Å². The summed E-state index contributed by atoms with van der Waals surface area (Å²) in [5, 5.41) is 12.3. The molecule has 2 aromatic heterocycles. The summed E-state index contributed by atoms with van der Waals surface area (Å²) in [6.45, 7) is 0. The lowest BCUT2D eigenvalue weighted by atomic mass is 10.1. The van der Waals surface area contributed by atoms with Gasteiger partial charge in [0.15, 0.2) is 5.16 Å². The van der Waals surface area contributed by atoms with Crippen molar-refractivity contribution in [2.45, 2.75) is 10.2 Å². The number of aromatic nitrogens is 3. The number of rotatable bonds is 3. The van der Waals surface area contributed by atoms with Crippen LogP contribution in [0.3, 0.4) is 0 Å². The standard InChI is InChI=1S/C14H11N3O2S/c1-17-7-6-15-14(17)20-12-10-5-3-2-4-9(10)11(8-16-12)13(18)19/h2-8H,1H3,(H,18,19). The molecule has 0 spiro atoms. The van der Waals surface area contributed by atoms with E-state index in [1.165, 1.54) is 18.0 Å². The zero-order chi connectivity index (χ0) is 14.1. The molecular formula is C14H11N3O2S. The number of hydrogen-bond donors (Lipinski definition) is 1. The summed E-state index contributed by atoms with van der Waals surface area (Å²) in [5.74, 6) is -0.970. The number of nitrogens with zero attached hydrogens (tertiary/aromatic N) is 3. The molecule has 100 valence electrons. The van der Waals surface area contributed by atoms with Crippen LogP contribution in [0.4, 0.5) is 0 Å². The van der Waals surface area contributed by atoms with E-state index in [0.717, 1.165) is 15.6 Å². The maximum atomic E-state index is 11.2. The Balaban J connectivity index is 2.15. The molecule has 0 atom stereocenters. The largest absolute Gasteiger partial charge is 0.478 e. The van der Waals surface area contributed by atoms with Crippen LogP contribution in [0.1, 0.15) is 10.4 Å². The van der Waals surface area contributed by atoms with Gasteiger partial charge in [-0.25, -0.2) is 14.8 Å². The van der Waals surface area contributed by atoms with Gasteiger partial charge in [-0.3, -0.25) is 0 Å². The zero-order valence-electron chi connectivity index (χ0n) is 10.6. The quantitative estimate of drug-likeness (QED) is 0.801. The van der Waals surface area contributed by atoms with E-state index in [4.69, 9.17) is 0 Å². The number of benzene rings is 1. The fraction of sp³-hybridized carbons (Fsp3) is 0.0714. The minimum atomic E-state index is -0.970. The Labute approximate surface area is 119 Å². The molecule has 0 saturated heterocycles. The Morgan fingerprint density at radius 3 is 2.65 bits per heavy atom. The van der Waals surface area contributed by atoms with Gasteiger partial charge in [-0.2, -0.15) is 0 Å². The monoisotopic (exact) mass is 285 g/mol. The third-order valence-electron chi connectivity index (χ3n) is 2.95. The molecule has 0 radical (unpaired) electrons. The first kappa shape index (κ1) is 12.7. The highest BCUT2D eigenvalue weighted by Crippen LogP contribution is 2.31. The fourth-order valence-electron chi connectivity index (χ4n) is 1.96. The van der Waals surface area contributed by atoms with E-state index in [9.17, 15) is 9.90 Å². The van der Waals surface area contributed by atoms with E-state index >= 15 is 0 Å². The second-order valence-corrected chi connectivity index (χ2v) is 5.21. The highest BCUT2D eigenvalue weighted by molar-refractivity contribution is 7.99. The molecule has 2 heterocycles. The maximum Gasteiger partial charge on any atom is 0.337 e. The third kappa shape index (κ3) is 2.14. The number of aryl methyl sites for hydroxylation is 1. The van der Waals surface area contributed by atoms with Gasteiger partial charge in [0.1, 0.15) is 5.03 Å². The second kappa shape index (κ2) is 4.97. The van der Waals surface area contributed by atoms with Crippen molar-refractivity contribution in [2.24, 2.45) is 7.05 Å².